The number of benzene rings is 2. The highest BCUT2D eigenvalue weighted by molar-refractivity contribution is 8.41. The van der Waals surface area contributed by atoms with Crippen molar-refractivity contribution in [2.24, 2.45) is 4.99 Å². The van der Waals surface area contributed by atoms with Crippen molar-refractivity contribution in [1.82, 2.24) is 0 Å². The maximum atomic E-state index is 13.1. The van der Waals surface area contributed by atoms with Crippen LogP contribution >= 0.6 is 35.1 Å². The van der Waals surface area contributed by atoms with E-state index in [0.29, 0.717) is 15.0 Å². The van der Waals surface area contributed by atoms with Gasteiger partial charge in [-0.25, -0.2) is 4.39 Å². The average molecular weight is 407 g/mol. The minimum absolute atomic E-state index is 0.0625. The quantitative estimate of drug-likeness (QED) is 0.739. The highest BCUT2D eigenvalue weighted by atomic mass is 35.5. The molecule has 3 rings (SSSR count). The topological polar surface area (TPSA) is 58.5 Å². The molecule has 0 spiro atoms. The van der Waals surface area contributed by atoms with E-state index in [-0.39, 0.29) is 22.6 Å². The van der Waals surface area contributed by atoms with Crippen LogP contribution in [0, 0.1) is 5.82 Å². The predicted molar refractivity (Wildman–Crippen MR) is 107 cm³/mol. The monoisotopic (exact) mass is 406 g/mol. The second-order valence-electron chi connectivity index (χ2n) is 5.17. The van der Waals surface area contributed by atoms with Crippen LogP contribution in [-0.2, 0) is 9.59 Å². The maximum absolute atomic E-state index is 13.1. The number of amides is 2. The summed E-state index contributed by atoms with van der Waals surface area (Å²) < 4.78 is 13.6. The zero-order valence-corrected chi connectivity index (χ0v) is 15.6. The lowest BCUT2D eigenvalue weighted by Crippen LogP contribution is -2.14. The molecule has 0 atom stereocenters. The van der Waals surface area contributed by atoms with Gasteiger partial charge >= 0.3 is 0 Å². The summed E-state index contributed by atoms with van der Waals surface area (Å²) in [4.78, 5) is 28.4. The fourth-order valence-electron chi connectivity index (χ4n) is 2.05. The first-order valence-corrected chi connectivity index (χ1v) is 9.64. The largest absolute Gasteiger partial charge is 0.325 e. The van der Waals surface area contributed by atoms with Gasteiger partial charge in [0.1, 0.15) is 10.2 Å². The van der Waals surface area contributed by atoms with Crippen LogP contribution in [0.15, 0.2) is 58.4 Å². The van der Waals surface area contributed by atoms with Crippen LogP contribution in [0.4, 0.5) is 10.1 Å². The van der Waals surface area contributed by atoms with Gasteiger partial charge in [0, 0.05) is 5.69 Å². The molecule has 1 aliphatic heterocycles. The van der Waals surface area contributed by atoms with E-state index < -0.39 is 5.82 Å². The summed E-state index contributed by atoms with van der Waals surface area (Å²) in [6.45, 7) is 0. The Bertz CT molecular complexity index is 917. The minimum atomic E-state index is -0.549. The van der Waals surface area contributed by atoms with Crippen LogP contribution in [0.3, 0.4) is 0 Å². The highest BCUT2D eigenvalue weighted by Gasteiger charge is 2.22. The minimum Gasteiger partial charge on any atom is -0.325 e. The summed E-state index contributed by atoms with van der Waals surface area (Å²) in [7, 11) is 0. The van der Waals surface area contributed by atoms with Gasteiger partial charge in [-0.3, -0.25) is 9.59 Å². The summed E-state index contributed by atoms with van der Waals surface area (Å²) in [5.74, 6) is -1.08. The first kappa shape index (κ1) is 18.7. The van der Waals surface area contributed by atoms with Crippen molar-refractivity contribution in [2.45, 2.75) is 0 Å². The molecule has 0 aliphatic carbocycles. The van der Waals surface area contributed by atoms with E-state index in [9.17, 15) is 14.0 Å². The first-order valence-electron chi connectivity index (χ1n) is 7.46. The molecule has 0 unspecified atom stereocenters. The zero-order valence-electron chi connectivity index (χ0n) is 13.2. The molecule has 4 nitrogen and oxygen atoms in total. The Morgan fingerprint density at radius 1 is 1.27 bits per heavy atom. The van der Waals surface area contributed by atoms with Gasteiger partial charge in [0.2, 0.25) is 5.91 Å². The molecule has 0 bridgehead atoms. The van der Waals surface area contributed by atoms with Gasteiger partial charge in [0.15, 0.2) is 0 Å². The number of rotatable bonds is 4. The number of anilines is 1. The van der Waals surface area contributed by atoms with Crippen molar-refractivity contribution in [3.05, 3.63) is 69.8 Å². The molecule has 1 N–H and O–H groups in total. The Morgan fingerprint density at radius 2 is 2.04 bits per heavy atom. The summed E-state index contributed by atoms with van der Waals surface area (Å²) in [5, 5.41) is 2.56. The van der Waals surface area contributed by atoms with Crippen LogP contribution in [-0.4, -0.2) is 21.9 Å². The lowest BCUT2D eigenvalue weighted by atomic mass is 10.2. The number of nitrogens with one attached hydrogen (secondary N) is 1. The fraction of sp³-hybridized carbons (Fsp3) is 0.0556. The zero-order chi connectivity index (χ0) is 18.5. The molecular formula is C18H12ClFN2O2S2. The third-order valence-corrected chi connectivity index (χ3v) is 5.64. The highest BCUT2D eigenvalue weighted by Crippen LogP contribution is 2.33. The summed E-state index contributed by atoms with van der Waals surface area (Å²) >= 11 is 8.09. The Kier molecular flexibility index (Phi) is 6.13. The number of hydrogen-bond acceptors (Lipinski definition) is 4. The second-order valence-corrected chi connectivity index (χ2v) is 7.83. The van der Waals surface area contributed by atoms with Crippen molar-refractivity contribution >= 4 is 63.1 Å². The normalized spacial score (nSPS) is 15.2. The Labute approximate surface area is 162 Å². The lowest BCUT2D eigenvalue weighted by Gasteiger charge is -2.05. The van der Waals surface area contributed by atoms with Gasteiger partial charge in [0.05, 0.1) is 15.7 Å². The van der Waals surface area contributed by atoms with E-state index in [1.165, 1.54) is 41.7 Å². The molecule has 2 aromatic carbocycles. The predicted octanol–water partition coefficient (Wildman–Crippen LogP) is 4.82. The third kappa shape index (κ3) is 4.97. The number of carbonyl (C=O) groups is 2. The van der Waals surface area contributed by atoms with Crippen LogP contribution in [0.5, 0.6) is 0 Å². The van der Waals surface area contributed by atoms with Gasteiger partial charge in [-0.15, -0.1) is 0 Å². The van der Waals surface area contributed by atoms with Crippen molar-refractivity contribution in [3.8, 4) is 0 Å². The molecule has 0 fully saturated rings. The smallest absolute Gasteiger partial charge is 0.285 e. The van der Waals surface area contributed by atoms with Gasteiger partial charge in [0.25, 0.3) is 5.91 Å². The maximum Gasteiger partial charge on any atom is 0.285 e. The van der Waals surface area contributed by atoms with E-state index in [2.05, 4.69) is 10.3 Å². The van der Waals surface area contributed by atoms with E-state index in [1.54, 1.807) is 6.08 Å². The van der Waals surface area contributed by atoms with Gasteiger partial charge < -0.3 is 5.32 Å². The standard InChI is InChI=1S/C18H12ClFN2O2S2/c19-13-9-12(6-7-14(13)20)21-16(23)10-25-18-22-17(24)15(26-18)8-11-4-2-1-3-5-11/h1-9H,10H2,(H,21,23). The van der Waals surface area contributed by atoms with E-state index in [0.717, 1.165) is 5.56 Å². The molecule has 2 amide bonds. The Morgan fingerprint density at radius 3 is 2.77 bits per heavy atom. The van der Waals surface area contributed by atoms with Crippen LogP contribution in [0.25, 0.3) is 6.08 Å². The first-order chi connectivity index (χ1) is 12.5. The lowest BCUT2D eigenvalue weighted by molar-refractivity contribution is -0.114. The van der Waals surface area contributed by atoms with Crippen LogP contribution in [0.1, 0.15) is 5.56 Å². The molecule has 2 aromatic rings. The molecule has 0 aromatic heterocycles. The molecule has 0 saturated heterocycles. The summed E-state index contributed by atoms with van der Waals surface area (Å²) in [5.41, 5.74) is 1.32. The van der Waals surface area contributed by atoms with Gasteiger partial charge in [-0.2, -0.15) is 4.99 Å². The fourth-order valence-corrected chi connectivity index (χ4v) is 4.03. The van der Waals surface area contributed by atoms with Crippen molar-refractivity contribution in [2.75, 3.05) is 11.1 Å². The van der Waals surface area contributed by atoms with Crippen LogP contribution < -0.4 is 5.32 Å². The van der Waals surface area contributed by atoms with Crippen molar-refractivity contribution < 1.29 is 14.0 Å². The molecule has 0 radical (unpaired) electrons. The molecule has 26 heavy (non-hydrogen) atoms. The number of thioether (sulfide) groups is 2. The number of aliphatic imine (C=N–C) groups is 1. The van der Waals surface area contributed by atoms with Crippen molar-refractivity contribution in [3.63, 3.8) is 0 Å². The van der Waals surface area contributed by atoms with Gasteiger partial charge in [-0.1, -0.05) is 65.5 Å². The van der Waals surface area contributed by atoms with Crippen LogP contribution in [0.2, 0.25) is 5.02 Å². The average Bonchev–Trinajstić information content (AvgIpc) is 2.97. The number of hydrogen-bond donors (Lipinski definition) is 1. The Hall–Kier alpha value is -2.09. The number of halogens is 2. The Balaban J connectivity index is 1.54. The van der Waals surface area contributed by atoms with E-state index >= 15 is 0 Å². The third-order valence-electron chi connectivity index (χ3n) is 3.23. The molecule has 0 saturated carbocycles. The molecule has 1 aliphatic rings. The van der Waals surface area contributed by atoms with Crippen molar-refractivity contribution in [1.29, 1.82) is 0 Å². The molecule has 1 heterocycles. The summed E-state index contributed by atoms with van der Waals surface area (Å²) in [6, 6.07) is 13.4. The molecule has 132 valence electrons. The van der Waals surface area contributed by atoms with Gasteiger partial charge in [-0.05, 0) is 29.8 Å². The SMILES string of the molecule is O=C(CSC1=NC(=O)C(=Cc2ccccc2)S1)Nc1ccc(F)c(Cl)c1. The molecular weight excluding hydrogens is 395 g/mol. The van der Waals surface area contributed by atoms with E-state index in [1.807, 2.05) is 30.3 Å². The second kappa shape index (κ2) is 8.53. The van der Waals surface area contributed by atoms with E-state index in [4.69, 9.17) is 11.6 Å². The number of nitrogens with zero attached hydrogens (tertiary/aromatic N) is 1. The number of carbonyl (C=O) groups excluding carboxylic acids is 2. The molecule has 8 heteroatoms. The summed E-state index contributed by atoms with van der Waals surface area (Å²) in [6.07, 6.45) is 1.77.